The summed E-state index contributed by atoms with van der Waals surface area (Å²) < 4.78 is 0. The first kappa shape index (κ1) is 13.4. The van der Waals surface area contributed by atoms with Crippen molar-refractivity contribution in [3.05, 3.63) is 36.0 Å². The highest BCUT2D eigenvalue weighted by molar-refractivity contribution is 5.89. The van der Waals surface area contributed by atoms with Crippen LogP contribution in [0.2, 0.25) is 0 Å². The van der Waals surface area contributed by atoms with Gasteiger partial charge in [-0.25, -0.2) is 0 Å². The summed E-state index contributed by atoms with van der Waals surface area (Å²) in [7, 11) is 0. The fraction of sp³-hybridized carbons (Fsp3) is 0.267. The van der Waals surface area contributed by atoms with Crippen LogP contribution in [0.3, 0.4) is 0 Å². The lowest BCUT2D eigenvalue weighted by atomic mass is 10.2. The third-order valence-corrected chi connectivity index (χ3v) is 3.24. The van der Waals surface area contributed by atoms with Crippen molar-refractivity contribution < 1.29 is 0 Å². The van der Waals surface area contributed by atoms with Crippen molar-refractivity contribution in [2.24, 2.45) is 0 Å². The number of nitrogens with zero attached hydrogens (tertiary/aromatic N) is 3. The Morgan fingerprint density at radius 2 is 2.05 bits per heavy atom. The highest BCUT2D eigenvalue weighted by Crippen LogP contribution is 2.25. The molecule has 0 fully saturated rings. The summed E-state index contributed by atoms with van der Waals surface area (Å²) in [4.78, 5) is 8.97. The first-order chi connectivity index (χ1) is 10.3. The lowest BCUT2D eigenvalue weighted by Gasteiger charge is -2.11. The Bertz CT molecular complexity index is 749. The summed E-state index contributed by atoms with van der Waals surface area (Å²) in [6.45, 7) is 5.00. The number of fused-ring (bicyclic) bond motifs is 1. The predicted octanol–water partition coefficient (Wildman–Crippen LogP) is 3.23. The Labute approximate surface area is 123 Å². The number of hydrogen-bond acceptors (Lipinski definition) is 5. The predicted molar refractivity (Wildman–Crippen MR) is 84.9 cm³/mol. The molecule has 0 unspecified atom stereocenters. The molecule has 6 heteroatoms. The summed E-state index contributed by atoms with van der Waals surface area (Å²) >= 11 is 0. The molecular weight excluding hydrogens is 264 g/mol. The smallest absolute Gasteiger partial charge is 0.226 e. The van der Waals surface area contributed by atoms with E-state index in [-0.39, 0.29) is 0 Å². The van der Waals surface area contributed by atoms with E-state index in [1.807, 2.05) is 18.2 Å². The molecule has 0 bridgehead atoms. The quantitative estimate of drug-likeness (QED) is 0.669. The normalized spacial score (nSPS) is 10.8. The van der Waals surface area contributed by atoms with Crippen LogP contribution in [0.5, 0.6) is 0 Å². The highest BCUT2D eigenvalue weighted by Gasteiger charge is 2.10. The number of hydrogen-bond donors (Lipinski definition) is 3. The average molecular weight is 282 g/mol. The standard InChI is InChI=1S/C15H18N6/c1-3-8-16-15-19-13(11-9-17-21-14(11)20-15)18-12-7-5-4-6-10(12)2/h4-7,9H,3,8H2,1-2H3,(H3,16,17,18,19,20,21). The molecule has 6 nitrogen and oxygen atoms in total. The topological polar surface area (TPSA) is 78.5 Å². The molecule has 3 aromatic rings. The van der Waals surface area contributed by atoms with E-state index in [9.17, 15) is 0 Å². The van der Waals surface area contributed by atoms with Crippen molar-refractivity contribution in [3.8, 4) is 0 Å². The van der Waals surface area contributed by atoms with Gasteiger partial charge in [0.05, 0.1) is 11.6 Å². The van der Waals surface area contributed by atoms with Gasteiger partial charge >= 0.3 is 0 Å². The molecule has 2 heterocycles. The van der Waals surface area contributed by atoms with Crippen molar-refractivity contribution in [2.45, 2.75) is 20.3 Å². The first-order valence-corrected chi connectivity index (χ1v) is 7.05. The molecule has 0 aliphatic carbocycles. The van der Waals surface area contributed by atoms with E-state index >= 15 is 0 Å². The molecule has 0 atom stereocenters. The van der Waals surface area contributed by atoms with E-state index in [0.717, 1.165) is 41.1 Å². The van der Waals surface area contributed by atoms with Gasteiger partial charge in [0.2, 0.25) is 5.95 Å². The molecule has 108 valence electrons. The van der Waals surface area contributed by atoms with Gasteiger partial charge in [0.15, 0.2) is 5.65 Å². The fourth-order valence-electron chi connectivity index (χ4n) is 2.09. The van der Waals surface area contributed by atoms with Crippen LogP contribution >= 0.6 is 0 Å². The van der Waals surface area contributed by atoms with Crippen LogP contribution in [-0.4, -0.2) is 26.7 Å². The van der Waals surface area contributed by atoms with Gasteiger partial charge in [-0.3, -0.25) is 5.10 Å². The van der Waals surface area contributed by atoms with Gasteiger partial charge in [-0.2, -0.15) is 15.1 Å². The number of anilines is 3. The van der Waals surface area contributed by atoms with Crippen LogP contribution in [-0.2, 0) is 0 Å². The van der Waals surface area contributed by atoms with Gasteiger partial charge in [-0.1, -0.05) is 25.1 Å². The molecule has 0 saturated carbocycles. The van der Waals surface area contributed by atoms with Crippen molar-refractivity contribution >= 4 is 28.5 Å². The van der Waals surface area contributed by atoms with Crippen LogP contribution < -0.4 is 10.6 Å². The molecule has 3 N–H and O–H groups in total. The van der Waals surface area contributed by atoms with Crippen molar-refractivity contribution in [3.63, 3.8) is 0 Å². The molecule has 0 radical (unpaired) electrons. The van der Waals surface area contributed by atoms with Crippen LogP contribution in [0.4, 0.5) is 17.5 Å². The highest BCUT2D eigenvalue weighted by atomic mass is 15.2. The molecule has 0 aliphatic rings. The van der Waals surface area contributed by atoms with Crippen LogP contribution in [0.15, 0.2) is 30.5 Å². The van der Waals surface area contributed by atoms with Gasteiger partial charge in [-0.15, -0.1) is 0 Å². The Kier molecular flexibility index (Phi) is 3.68. The Morgan fingerprint density at radius 1 is 1.19 bits per heavy atom. The summed E-state index contributed by atoms with van der Waals surface area (Å²) in [5.74, 6) is 1.35. The second kappa shape index (κ2) is 5.78. The molecule has 0 amide bonds. The largest absolute Gasteiger partial charge is 0.354 e. The van der Waals surface area contributed by atoms with Crippen molar-refractivity contribution in [2.75, 3.05) is 17.2 Å². The molecule has 0 spiro atoms. The Balaban J connectivity index is 2.00. The second-order valence-electron chi connectivity index (χ2n) is 4.89. The van der Waals surface area contributed by atoms with Gasteiger partial charge in [-0.05, 0) is 25.0 Å². The molecule has 21 heavy (non-hydrogen) atoms. The average Bonchev–Trinajstić information content (AvgIpc) is 2.96. The molecule has 0 saturated heterocycles. The first-order valence-electron chi connectivity index (χ1n) is 7.05. The van der Waals surface area contributed by atoms with Gasteiger partial charge in [0, 0.05) is 12.2 Å². The van der Waals surface area contributed by atoms with E-state index in [1.54, 1.807) is 6.20 Å². The van der Waals surface area contributed by atoms with Gasteiger partial charge in [0.25, 0.3) is 0 Å². The van der Waals surface area contributed by atoms with Crippen LogP contribution in [0.1, 0.15) is 18.9 Å². The molecule has 2 aromatic heterocycles. The Morgan fingerprint density at radius 3 is 2.86 bits per heavy atom. The molecular formula is C15H18N6. The maximum Gasteiger partial charge on any atom is 0.226 e. The summed E-state index contributed by atoms with van der Waals surface area (Å²) in [6.07, 6.45) is 2.75. The minimum Gasteiger partial charge on any atom is -0.354 e. The van der Waals surface area contributed by atoms with E-state index in [4.69, 9.17) is 0 Å². The third kappa shape index (κ3) is 2.79. The summed E-state index contributed by atoms with van der Waals surface area (Å²) in [6, 6.07) is 8.11. The summed E-state index contributed by atoms with van der Waals surface area (Å²) in [5.41, 5.74) is 2.91. The number of nitrogens with one attached hydrogen (secondary N) is 3. The zero-order valence-electron chi connectivity index (χ0n) is 12.1. The van der Waals surface area contributed by atoms with E-state index in [1.165, 1.54) is 0 Å². The number of aryl methyl sites for hydroxylation is 1. The minimum atomic E-state index is 0.602. The number of H-pyrrole nitrogens is 1. The lowest BCUT2D eigenvalue weighted by Crippen LogP contribution is -2.06. The maximum absolute atomic E-state index is 4.55. The van der Waals surface area contributed by atoms with Gasteiger partial charge in [0.1, 0.15) is 5.82 Å². The van der Waals surface area contributed by atoms with Crippen LogP contribution in [0.25, 0.3) is 11.0 Å². The number of rotatable bonds is 5. The summed E-state index contributed by atoms with van der Waals surface area (Å²) in [5, 5.41) is 14.4. The van der Waals surface area contributed by atoms with E-state index < -0.39 is 0 Å². The molecule has 0 aliphatic heterocycles. The number of benzene rings is 1. The Hall–Kier alpha value is -2.63. The lowest BCUT2D eigenvalue weighted by molar-refractivity contribution is 0.955. The minimum absolute atomic E-state index is 0.602. The van der Waals surface area contributed by atoms with E-state index in [0.29, 0.717) is 5.95 Å². The van der Waals surface area contributed by atoms with E-state index in [2.05, 4.69) is 50.7 Å². The van der Waals surface area contributed by atoms with Gasteiger partial charge < -0.3 is 10.6 Å². The van der Waals surface area contributed by atoms with Crippen LogP contribution in [0, 0.1) is 6.92 Å². The fourth-order valence-corrected chi connectivity index (χ4v) is 2.09. The maximum atomic E-state index is 4.55. The van der Waals surface area contributed by atoms with Crippen molar-refractivity contribution in [1.29, 1.82) is 0 Å². The molecule has 3 rings (SSSR count). The SMILES string of the molecule is CCCNc1nc(Nc2ccccc2C)c2cn[nH]c2n1. The monoisotopic (exact) mass is 282 g/mol. The number of para-hydroxylation sites is 1. The number of aromatic amines is 1. The van der Waals surface area contributed by atoms with Crippen molar-refractivity contribution in [1.82, 2.24) is 20.2 Å². The molecule has 1 aromatic carbocycles. The zero-order valence-corrected chi connectivity index (χ0v) is 12.1. The zero-order chi connectivity index (χ0) is 14.7. The third-order valence-electron chi connectivity index (χ3n) is 3.24. The second-order valence-corrected chi connectivity index (χ2v) is 4.89. The number of aromatic nitrogens is 4.